The molecule has 0 heterocycles. The van der Waals surface area contributed by atoms with Crippen LogP contribution in [0.5, 0.6) is 0 Å². The van der Waals surface area contributed by atoms with E-state index in [9.17, 15) is 0 Å². The van der Waals surface area contributed by atoms with Gasteiger partial charge in [0.25, 0.3) is 0 Å². The lowest BCUT2D eigenvalue weighted by atomic mass is 9.90. The number of allylic oxidation sites excluding steroid dienone is 1. The highest BCUT2D eigenvalue weighted by Crippen LogP contribution is 2.29. The molecule has 1 unspecified atom stereocenters. The summed E-state index contributed by atoms with van der Waals surface area (Å²) in [6, 6.07) is 16.6. The lowest BCUT2D eigenvalue weighted by molar-refractivity contribution is 0.653. The van der Waals surface area contributed by atoms with Crippen molar-refractivity contribution in [2.75, 3.05) is 5.32 Å². The van der Waals surface area contributed by atoms with Gasteiger partial charge in [-0.15, -0.1) is 0 Å². The molecule has 2 aromatic rings. The Morgan fingerprint density at radius 2 is 2.09 bits per heavy atom. The molecule has 0 saturated heterocycles. The minimum absolute atomic E-state index is 0.427. The minimum atomic E-state index is 0.427. The number of anilines is 1. The van der Waals surface area contributed by atoms with Gasteiger partial charge in [0, 0.05) is 16.8 Å². The van der Waals surface area contributed by atoms with Gasteiger partial charge in [-0.2, -0.15) is 5.26 Å². The highest BCUT2D eigenvalue weighted by Gasteiger charge is 2.15. The molecule has 0 spiro atoms. The van der Waals surface area contributed by atoms with E-state index in [0.717, 1.165) is 41.1 Å². The van der Waals surface area contributed by atoms with E-state index in [4.69, 9.17) is 16.9 Å². The molecule has 23 heavy (non-hydrogen) atoms. The Morgan fingerprint density at radius 3 is 2.78 bits per heavy atom. The maximum absolute atomic E-state index is 9.02. The first kappa shape index (κ1) is 15.6. The largest absolute Gasteiger partial charge is 0.382 e. The van der Waals surface area contributed by atoms with Crippen molar-refractivity contribution in [1.82, 2.24) is 0 Å². The van der Waals surface area contributed by atoms with E-state index < -0.39 is 0 Å². The van der Waals surface area contributed by atoms with Crippen molar-refractivity contribution in [3.63, 3.8) is 0 Å². The molecule has 2 nitrogen and oxygen atoms in total. The van der Waals surface area contributed by atoms with Gasteiger partial charge in [0.05, 0.1) is 11.6 Å². The number of benzene rings is 2. The van der Waals surface area contributed by atoms with Crippen LogP contribution in [0.4, 0.5) is 5.69 Å². The van der Waals surface area contributed by atoms with Crippen molar-refractivity contribution in [2.24, 2.45) is 0 Å². The molecular formula is C20H19ClN2. The van der Waals surface area contributed by atoms with Gasteiger partial charge in [-0.05, 0) is 67.2 Å². The van der Waals surface area contributed by atoms with Crippen LogP contribution in [-0.2, 0) is 0 Å². The minimum Gasteiger partial charge on any atom is -0.382 e. The first-order chi connectivity index (χ1) is 11.2. The Morgan fingerprint density at radius 1 is 1.22 bits per heavy atom. The molecule has 0 amide bonds. The fraction of sp³-hybridized carbons (Fsp3) is 0.250. The number of rotatable bonds is 3. The Hall–Kier alpha value is -2.24. The first-order valence-electron chi connectivity index (χ1n) is 7.88. The molecule has 0 bridgehead atoms. The van der Waals surface area contributed by atoms with Crippen LogP contribution in [-0.4, -0.2) is 6.04 Å². The summed E-state index contributed by atoms with van der Waals surface area (Å²) < 4.78 is 0. The van der Waals surface area contributed by atoms with Gasteiger partial charge < -0.3 is 5.32 Å². The van der Waals surface area contributed by atoms with E-state index in [1.165, 1.54) is 11.1 Å². The maximum atomic E-state index is 9.02. The number of aryl methyl sites for hydroxylation is 1. The predicted molar refractivity (Wildman–Crippen MR) is 96.6 cm³/mol. The third-order valence-corrected chi connectivity index (χ3v) is 4.72. The molecule has 0 aromatic heterocycles. The molecular weight excluding hydrogens is 304 g/mol. The molecule has 1 N–H and O–H groups in total. The van der Waals surface area contributed by atoms with Gasteiger partial charge in [-0.25, -0.2) is 0 Å². The Bertz CT molecular complexity index is 786. The molecule has 0 radical (unpaired) electrons. The highest BCUT2D eigenvalue weighted by atomic mass is 35.5. The Labute approximate surface area is 142 Å². The van der Waals surface area contributed by atoms with Gasteiger partial charge in [0.2, 0.25) is 0 Å². The van der Waals surface area contributed by atoms with Gasteiger partial charge in [-0.3, -0.25) is 0 Å². The van der Waals surface area contributed by atoms with E-state index in [-0.39, 0.29) is 0 Å². The number of hydrogen-bond acceptors (Lipinski definition) is 2. The van der Waals surface area contributed by atoms with E-state index in [0.29, 0.717) is 6.04 Å². The second-order valence-corrected chi connectivity index (χ2v) is 6.41. The zero-order valence-electron chi connectivity index (χ0n) is 13.1. The third-order valence-electron chi connectivity index (χ3n) is 4.32. The monoisotopic (exact) mass is 322 g/mol. The van der Waals surface area contributed by atoms with Gasteiger partial charge in [0.15, 0.2) is 0 Å². The van der Waals surface area contributed by atoms with Crippen molar-refractivity contribution >= 4 is 22.9 Å². The van der Waals surface area contributed by atoms with Crippen LogP contribution in [0.1, 0.15) is 36.0 Å². The summed E-state index contributed by atoms with van der Waals surface area (Å²) in [6.45, 7) is 2.01. The van der Waals surface area contributed by atoms with Gasteiger partial charge >= 0.3 is 0 Å². The van der Waals surface area contributed by atoms with Crippen LogP contribution in [0.3, 0.4) is 0 Å². The fourth-order valence-electron chi connectivity index (χ4n) is 2.93. The second kappa shape index (κ2) is 6.89. The lowest BCUT2D eigenvalue weighted by Crippen LogP contribution is -2.21. The molecule has 1 aliphatic carbocycles. The zero-order valence-corrected chi connectivity index (χ0v) is 13.9. The van der Waals surface area contributed by atoms with Crippen molar-refractivity contribution in [1.29, 1.82) is 5.26 Å². The van der Waals surface area contributed by atoms with Crippen LogP contribution >= 0.6 is 11.6 Å². The van der Waals surface area contributed by atoms with Crippen molar-refractivity contribution in [2.45, 2.75) is 32.2 Å². The summed E-state index contributed by atoms with van der Waals surface area (Å²) >= 11 is 6.19. The smallest absolute Gasteiger partial charge is 0.0991 e. The van der Waals surface area contributed by atoms with Crippen LogP contribution in [0.15, 0.2) is 48.5 Å². The van der Waals surface area contributed by atoms with Gasteiger partial charge in [0.1, 0.15) is 0 Å². The summed E-state index contributed by atoms with van der Waals surface area (Å²) in [6.07, 6.45) is 5.37. The maximum Gasteiger partial charge on any atom is 0.0991 e. The number of halogens is 1. The zero-order chi connectivity index (χ0) is 16.2. The number of nitriles is 1. The van der Waals surface area contributed by atoms with Crippen LogP contribution in [0, 0.1) is 18.3 Å². The summed E-state index contributed by atoms with van der Waals surface area (Å²) in [5.41, 5.74) is 5.40. The Balaban J connectivity index is 1.68. The number of nitrogens with one attached hydrogen (secondary N) is 1. The average Bonchev–Trinajstić information content (AvgIpc) is 2.59. The standard InChI is InChI=1S/C20H19ClN2/c1-14-5-8-19(12-20(14)21)23-18-9-6-16(7-10-18)17-4-2-3-15(11-17)13-22/h2-6,8,11-12,18,23H,7,9-10H2,1H3. The van der Waals surface area contributed by atoms with E-state index >= 15 is 0 Å². The van der Waals surface area contributed by atoms with Crippen molar-refractivity contribution in [3.8, 4) is 6.07 Å². The van der Waals surface area contributed by atoms with Crippen LogP contribution in [0.25, 0.3) is 5.57 Å². The normalized spacial score (nSPS) is 17.3. The first-order valence-corrected chi connectivity index (χ1v) is 8.26. The van der Waals surface area contributed by atoms with Crippen molar-refractivity contribution < 1.29 is 0 Å². The molecule has 0 aliphatic heterocycles. The molecule has 1 aliphatic rings. The quantitative estimate of drug-likeness (QED) is 0.802. The summed E-state index contributed by atoms with van der Waals surface area (Å²) in [4.78, 5) is 0. The third kappa shape index (κ3) is 3.75. The predicted octanol–water partition coefficient (Wildman–Crippen LogP) is 5.57. The highest BCUT2D eigenvalue weighted by molar-refractivity contribution is 6.31. The van der Waals surface area contributed by atoms with Crippen LogP contribution < -0.4 is 5.32 Å². The molecule has 0 fully saturated rings. The van der Waals surface area contributed by atoms with E-state index in [2.05, 4.69) is 29.6 Å². The molecule has 2 aromatic carbocycles. The SMILES string of the molecule is Cc1ccc(NC2CC=C(c3cccc(C#N)c3)CC2)cc1Cl. The van der Waals surface area contributed by atoms with Crippen LogP contribution in [0.2, 0.25) is 5.02 Å². The number of hydrogen-bond donors (Lipinski definition) is 1. The Kier molecular flexibility index (Phi) is 4.69. The average molecular weight is 323 g/mol. The lowest BCUT2D eigenvalue weighted by Gasteiger charge is -2.24. The second-order valence-electron chi connectivity index (χ2n) is 6.00. The van der Waals surface area contributed by atoms with E-state index in [1.54, 1.807) is 0 Å². The summed E-state index contributed by atoms with van der Waals surface area (Å²) in [7, 11) is 0. The van der Waals surface area contributed by atoms with Crippen molar-refractivity contribution in [3.05, 3.63) is 70.3 Å². The van der Waals surface area contributed by atoms with Gasteiger partial charge in [-0.1, -0.05) is 35.9 Å². The topological polar surface area (TPSA) is 35.8 Å². The number of nitrogens with zero attached hydrogens (tertiary/aromatic N) is 1. The van der Waals surface area contributed by atoms with E-state index in [1.807, 2.05) is 37.3 Å². The molecule has 1 atom stereocenters. The molecule has 0 saturated carbocycles. The summed E-state index contributed by atoms with van der Waals surface area (Å²) in [5, 5.41) is 13.4. The fourth-order valence-corrected chi connectivity index (χ4v) is 3.11. The molecule has 3 rings (SSSR count). The summed E-state index contributed by atoms with van der Waals surface area (Å²) in [5.74, 6) is 0. The molecule has 116 valence electrons. The molecule has 3 heteroatoms.